The predicted molar refractivity (Wildman–Crippen MR) is 108 cm³/mol. The van der Waals surface area contributed by atoms with Crippen molar-refractivity contribution in [2.24, 2.45) is 0 Å². The number of methoxy groups -OCH3 is 1. The summed E-state index contributed by atoms with van der Waals surface area (Å²) in [6.07, 6.45) is 5.61. The lowest BCUT2D eigenvalue weighted by atomic mass is 9.95. The van der Waals surface area contributed by atoms with E-state index >= 15 is 0 Å². The lowest BCUT2D eigenvalue weighted by Gasteiger charge is -2.21. The summed E-state index contributed by atoms with van der Waals surface area (Å²) in [7, 11) is 1.63. The molecule has 6 heteroatoms. The molecule has 0 saturated heterocycles. The molecule has 6 nitrogen and oxygen atoms in total. The number of benzene rings is 2. The molecule has 4 rings (SSSR count). The maximum Gasteiger partial charge on any atom is 0.291 e. The highest BCUT2D eigenvalue weighted by atomic mass is 16.5. The third kappa shape index (κ3) is 3.91. The van der Waals surface area contributed by atoms with Crippen LogP contribution in [-0.4, -0.2) is 33.8 Å². The maximum absolute atomic E-state index is 12.8. The van der Waals surface area contributed by atoms with Crippen LogP contribution < -0.4 is 10.1 Å². The van der Waals surface area contributed by atoms with Gasteiger partial charge in [0, 0.05) is 11.6 Å². The molecule has 0 spiro atoms. The zero-order valence-corrected chi connectivity index (χ0v) is 16.0. The van der Waals surface area contributed by atoms with Gasteiger partial charge in [-0.1, -0.05) is 49.6 Å². The van der Waals surface area contributed by atoms with E-state index in [0.29, 0.717) is 5.82 Å². The number of nitrogens with one attached hydrogen (secondary N) is 1. The fourth-order valence-corrected chi connectivity index (χ4v) is 3.58. The van der Waals surface area contributed by atoms with E-state index in [1.807, 2.05) is 54.6 Å². The van der Waals surface area contributed by atoms with Crippen molar-refractivity contribution in [1.82, 2.24) is 20.1 Å². The Morgan fingerprint density at radius 3 is 2.43 bits per heavy atom. The van der Waals surface area contributed by atoms with Crippen LogP contribution in [0, 0.1) is 0 Å². The minimum Gasteiger partial charge on any atom is -0.497 e. The number of aromatic nitrogens is 3. The monoisotopic (exact) mass is 376 g/mol. The lowest BCUT2D eigenvalue weighted by molar-refractivity contribution is 0.0917. The van der Waals surface area contributed by atoms with Crippen molar-refractivity contribution >= 4 is 5.91 Å². The van der Waals surface area contributed by atoms with Crippen LogP contribution in [0.1, 0.15) is 42.7 Å². The third-order valence-electron chi connectivity index (χ3n) is 5.10. The molecule has 1 saturated carbocycles. The van der Waals surface area contributed by atoms with E-state index in [1.165, 1.54) is 6.42 Å². The van der Waals surface area contributed by atoms with Crippen LogP contribution in [0.3, 0.4) is 0 Å². The van der Waals surface area contributed by atoms with Gasteiger partial charge in [0.2, 0.25) is 5.82 Å². The Balaban J connectivity index is 1.68. The van der Waals surface area contributed by atoms with Gasteiger partial charge in [-0.2, -0.15) is 0 Å². The molecule has 0 radical (unpaired) electrons. The Morgan fingerprint density at radius 2 is 1.75 bits per heavy atom. The van der Waals surface area contributed by atoms with Crippen LogP contribution in [0.25, 0.3) is 17.1 Å². The van der Waals surface area contributed by atoms with Crippen molar-refractivity contribution in [3.8, 4) is 22.8 Å². The van der Waals surface area contributed by atoms with Crippen LogP contribution in [0.5, 0.6) is 5.75 Å². The van der Waals surface area contributed by atoms with E-state index in [0.717, 1.165) is 42.7 Å². The first-order valence-corrected chi connectivity index (χ1v) is 9.72. The van der Waals surface area contributed by atoms with Crippen LogP contribution >= 0.6 is 0 Å². The van der Waals surface area contributed by atoms with Gasteiger partial charge in [0.05, 0.1) is 12.8 Å². The fourth-order valence-electron chi connectivity index (χ4n) is 3.58. The standard InChI is InChI=1S/C22H24N4O2/c1-28-19-14-12-18(13-15-19)26-21(16-8-4-2-5-9-16)24-20(25-26)22(27)23-17-10-6-3-7-11-17/h2,4-5,8-9,12-15,17H,3,6-7,10-11H2,1H3,(H,23,27). The van der Waals surface area contributed by atoms with Crippen molar-refractivity contribution in [2.45, 2.75) is 38.1 Å². The lowest BCUT2D eigenvalue weighted by Crippen LogP contribution is -2.36. The second kappa shape index (κ2) is 8.25. The summed E-state index contributed by atoms with van der Waals surface area (Å²) in [5.41, 5.74) is 1.73. The second-order valence-corrected chi connectivity index (χ2v) is 7.04. The molecule has 1 aliphatic carbocycles. The Labute approximate surface area is 164 Å². The molecule has 1 amide bonds. The third-order valence-corrected chi connectivity index (χ3v) is 5.10. The quantitative estimate of drug-likeness (QED) is 0.731. The molecule has 144 valence electrons. The van der Waals surface area contributed by atoms with E-state index in [4.69, 9.17) is 4.74 Å². The van der Waals surface area contributed by atoms with Gasteiger partial charge in [0.15, 0.2) is 5.82 Å². The summed E-state index contributed by atoms with van der Waals surface area (Å²) < 4.78 is 6.95. The molecule has 0 aliphatic heterocycles. The molecular formula is C22H24N4O2. The van der Waals surface area contributed by atoms with Crippen molar-refractivity contribution in [3.05, 3.63) is 60.4 Å². The molecule has 3 aromatic rings. The Hall–Kier alpha value is -3.15. The summed E-state index contributed by atoms with van der Waals surface area (Å²) in [4.78, 5) is 17.3. The zero-order chi connectivity index (χ0) is 19.3. The van der Waals surface area contributed by atoms with Crippen LogP contribution in [-0.2, 0) is 0 Å². The van der Waals surface area contributed by atoms with Crippen molar-refractivity contribution in [2.75, 3.05) is 7.11 Å². The molecule has 1 aromatic heterocycles. The van der Waals surface area contributed by atoms with Crippen LogP contribution in [0.15, 0.2) is 54.6 Å². The molecule has 1 N–H and O–H groups in total. The van der Waals surface area contributed by atoms with E-state index in [2.05, 4.69) is 15.4 Å². The average molecular weight is 376 g/mol. The van der Waals surface area contributed by atoms with Gasteiger partial charge in [-0.25, -0.2) is 9.67 Å². The minimum atomic E-state index is -0.212. The first-order chi connectivity index (χ1) is 13.7. The van der Waals surface area contributed by atoms with Gasteiger partial charge < -0.3 is 10.1 Å². The molecular weight excluding hydrogens is 352 g/mol. The number of hydrogen-bond acceptors (Lipinski definition) is 4. The fraction of sp³-hybridized carbons (Fsp3) is 0.318. The summed E-state index contributed by atoms with van der Waals surface area (Å²) in [6.45, 7) is 0. The first kappa shape index (κ1) is 18.2. The highest BCUT2D eigenvalue weighted by molar-refractivity contribution is 5.91. The van der Waals surface area contributed by atoms with Crippen molar-refractivity contribution in [3.63, 3.8) is 0 Å². The number of carbonyl (C=O) groups excluding carboxylic acids is 1. The second-order valence-electron chi connectivity index (χ2n) is 7.04. The molecule has 0 bridgehead atoms. The normalized spacial score (nSPS) is 14.6. The van der Waals surface area contributed by atoms with Gasteiger partial charge in [0.1, 0.15) is 5.75 Å². The molecule has 2 aromatic carbocycles. The van der Waals surface area contributed by atoms with E-state index in [1.54, 1.807) is 11.8 Å². The summed E-state index contributed by atoms with van der Waals surface area (Å²) >= 11 is 0. The van der Waals surface area contributed by atoms with Gasteiger partial charge in [-0.3, -0.25) is 4.79 Å². The van der Waals surface area contributed by atoms with Gasteiger partial charge in [-0.05, 0) is 37.1 Å². The van der Waals surface area contributed by atoms with E-state index in [9.17, 15) is 4.79 Å². The van der Waals surface area contributed by atoms with Crippen LogP contribution in [0.4, 0.5) is 0 Å². The molecule has 1 heterocycles. The van der Waals surface area contributed by atoms with Gasteiger partial charge >= 0.3 is 0 Å². The molecule has 0 atom stereocenters. The summed E-state index contributed by atoms with van der Waals surface area (Å²) in [5, 5.41) is 7.63. The number of amides is 1. The van der Waals surface area contributed by atoms with E-state index in [-0.39, 0.29) is 17.8 Å². The topological polar surface area (TPSA) is 69.0 Å². The number of rotatable bonds is 5. The van der Waals surface area contributed by atoms with Gasteiger partial charge in [-0.15, -0.1) is 5.10 Å². The number of ether oxygens (including phenoxy) is 1. The predicted octanol–water partition coefficient (Wildman–Crippen LogP) is 4.01. The minimum absolute atomic E-state index is 0.195. The zero-order valence-electron chi connectivity index (χ0n) is 16.0. The van der Waals surface area contributed by atoms with Crippen LogP contribution in [0.2, 0.25) is 0 Å². The molecule has 0 unspecified atom stereocenters. The molecule has 28 heavy (non-hydrogen) atoms. The highest BCUT2D eigenvalue weighted by Crippen LogP contribution is 2.23. The highest BCUT2D eigenvalue weighted by Gasteiger charge is 2.22. The number of nitrogens with zero attached hydrogens (tertiary/aromatic N) is 3. The number of carbonyl (C=O) groups is 1. The summed E-state index contributed by atoms with van der Waals surface area (Å²) in [5.74, 6) is 1.39. The summed E-state index contributed by atoms with van der Waals surface area (Å²) in [6, 6.07) is 17.5. The Kier molecular flexibility index (Phi) is 5.37. The number of hydrogen-bond donors (Lipinski definition) is 1. The van der Waals surface area contributed by atoms with Gasteiger partial charge in [0.25, 0.3) is 5.91 Å². The SMILES string of the molecule is COc1ccc(-n2nc(C(=O)NC3CCCCC3)nc2-c2ccccc2)cc1. The largest absolute Gasteiger partial charge is 0.497 e. The first-order valence-electron chi connectivity index (χ1n) is 9.72. The Bertz CT molecular complexity index is 929. The van der Waals surface area contributed by atoms with Crippen molar-refractivity contribution in [1.29, 1.82) is 0 Å². The van der Waals surface area contributed by atoms with Crippen molar-refractivity contribution < 1.29 is 9.53 Å². The maximum atomic E-state index is 12.8. The van der Waals surface area contributed by atoms with E-state index < -0.39 is 0 Å². The Morgan fingerprint density at radius 1 is 1.04 bits per heavy atom. The molecule has 1 aliphatic rings. The average Bonchev–Trinajstić information content (AvgIpc) is 3.21. The molecule has 1 fully saturated rings. The smallest absolute Gasteiger partial charge is 0.291 e.